The summed E-state index contributed by atoms with van der Waals surface area (Å²) in [6, 6.07) is 7.74. The van der Waals surface area contributed by atoms with Gasteiger partial charge in [0.15, 0.2) is 0 Å². The second kappa shape index (κ2) is 6.20. The van der Waals surface area contributed by atoms with E-state index in [1.807, 2.05) is 45.0 Å². The molecule has 5 heteroatoms. The van der Waals surface area contributed by atoms with Crippen LogP contribution in [0.25, 0.3) is 11.0 Å². The van der Waals surface area contributed by atoms with Crippen LogP contribution in [-0.4, -0.2) is 29.1 Å². The SMILES string of the molecule is CCN(CC)C(C)(CC(=O)O)c1cc2cc(Br)ccc2o1. The molecule has 4 nitrogen and oxygen atoms in total. The summed E-state index contributed by atoms with van der Waals surface area (Å²) in [7, 11) is 0. The Bertz CT molecular complexity index is 648. The maximum absolute atomic E-state index is 11.3. The van der Waals surface area contributed by atoms with Gasteiger partial charge in [-0.15, -0.1) is 0 Å². The minimum absolute atomic E-state index is 0.00959. The average molecular weight is 354 g/mol. The van der Waals surface area contributed by atoms with Crippen LogP contribution in [0.3, 0.4) is 0 Å². The maximum atomic E-state index is 11.3. The number of hydrogen-bond acceptors (Lipinski definition) is 3. The van der Waals surface area contributed by atoms with Crippen molar-refractivity contribution in [1.82, 2.24) is 4.90 Å². The quantitative estimate of drug-likeness (QED) is 0.844. The van der Waals surface area contributed by atoms with Crippen LogP contribution in [-0.2, 0) is 10.3 Å². The predicted octanol–water partition coefficient (Wildman–Crippen LogP) is 4.23. The molecule has 0 saturated heterocycles. The van der Waals surface area contributed by atoms with Crippen molar-refractivity contribution in [2.24, 2.45) is 0 Å². The number of halogens is 1. The van der Waals surface area contributed by atoms with E-state index in [1.165, 1.54) is 0 Å². The molecule has 0 saturated carbocycles. The molecule has 0 aliphatic carbocycles. The summed E-state index contributed by atoms with van der Waals surface area (Å²) in [6.07, 6.45) is 0.00959. The molecule has 21 heavy (non-hydrogen) atoms. The fraction of sp³-hybridized carbons (Fsp3) is 0.438. The van der Waals surface area contributed by atoms with Gasteiger partial charge in [0.1, 0.15) is 11.3 Å². The summed E-state index contributed by atoms with van der Waals surface area (Å²) in [5, 5.41) is 10.3. The maximum Gasteiger partial charge on any atom is 0.305 e. The van der Waals surface area contributed by atoms with Gasteiger partial charge in [0, 0.05) is 9.86 Å². The first-order valence-corrected chi connectivity index (χ1v) is 7.86. The second-order valence-electron chi connectivity index (χ2n) is 5.31. The van der Waals surface area contributed by atoms with Crippen molar-refractivity contribution < 1.29 is 14.3 Å². The minimum Gasteiger partial charge on any atom is -0.481 e. The number of carboxylic acids is 1. The fourth-order valence-corrected chi connectivity index (χ4v) is 3.23. The van der Waals surface area contributed by atoms with E-state index in [4.69, 9.17) is 4.42 Å². The average Bonchev–Trinajstić information content (AvgIpc) is 2.82. The summed E-state index contributed by atoms with van der Waals surface area (Å²) in [4.78, 5) is 13.4. The zero-order valence-electron chi connectivity index (χ0n) is 12.5. The number of furan rings is 1. The first-order chi connectivity index (χ1) is 9.90. The first kappa shape index (κ1) is 16.0. The number of carbonyl (C=O) groups is 1. The third-order valence-electron chi connectivity index (χ3n) is 3.97. The molecule has 0 bridgehead atoms. The van der Waals surface area contributed by atoms with Crippen LogP contribution in [0.4, 0.5) is 0 Å². The number of rotatable bonds is 6. The Morgan fingerprint density at radius 1 is 1.33 bits per heavy atom. The number of carboxylic acid groups (broad SMARTS) is 1. The molecule has 1 unspecified atom stereocenters. The van der Waals surface area contributed by atoms with E-state index in [-0.39, 0.29) is 6.42 Å². The van der Waals surface area contributed by atoms with Crippen molar-refractivity contribution in [3.8, 4) is 0 Å². The highest BCUT2D eigenvalue weighted by molar-refractivity contribution is 9.10. The molecule has 1 N–H and O–H groups in total. The highest BCUT2D eigenvalue weighted by Gasteiger charge is 2.37. The Morgan fingerprint density at radius 3 is 2.57 bits per heavy atom. The van der Waals surface area contributed by atoms with E-state index < -0.39 is 11.5 Å². The van der Waals surface area contributed by atoms with Gasteiger partial charge in [-0.05, 0) is 44.3 Å². The molecule has 0 radical (unpaired) electrons. The standard InChI is InChI=1S/C16H20BrNO3/c1-4-18(5-2)16(3,10-15(19)20)14-9-11-8-12(17)6-7-13(11)21-14/h6-9H,4-5,10H2,1-3H3,(H,19,20). The van der Waals surface area contributed by atoms with E-state index in [0.29, 0.717) is 5.76 Å². The van der Waals surface area contributed by atoms with Crippen LogP contribution in [0.15, 0.2) is 33.2 Å². The molecule has 0 fully saturated rings. The Hall–Kier alpha value is -1.33. The lowest BCUT2D eigenvalue weighted by molar-refractivity contribution is -0.140. The zero-order chi connectivity index (χ0) is 15.6. The van der Waals surface area contributed by atoms with E-state index in [9.17, 15) is 9.90 Å². The highest BCUT2D eigenvalue weighted by Crippen LogP contribution is 2.36. The predicted molar refractivity (Wildman–Crippen MR) is 86.4 cm³/mol. The highest BCUT2D eigenvalue weighted by atomic mass is 79.9. The number of nitrogens with zero attached hydrogens (tertiary/aromatic N) is 1. The third-order valence-corrected chi connectivity index (χ3v) is 4.46. The van der Waals surface area contributed by atoms with Gasteiger partial charge in [-0.25, -0.2) is 0 Å². The molecule has 0 aliphatic rings. The largest absolute Gasteiger partial charge is 0.481 e. The molecule has 1 heterocycles. The topological polar surface area (TPSA) is 53.7 Å². The number of benzene rings is 1. The minimum atomic E-state index is -0.828. The zero-order valence-corrected chi connectivity index (χ0v) is 14.1. The molecule has 0 spiro atoms. The first-order valence-electron chi connectivity index (χ1n) is 7.07. The van der Waals surface area contributed by atoms with Gasteiger partial charge in [0.25, 0.3) is 0 Å². The summed E-state index contributed by atoms with van der Waals surface area (Å²) in [6.45, 7) is 7.52. The Kier molecular flexibility index (Phi) is 4.74. The van der Waals surface area contributed by atoms with E-state index in [2.05, 4.69) is 20.8 Å². The molecule has 1 aromatic heterocycles. The van der Waals surface area contributed by atoms with Crippen LogP contribution in [0.1, 0.15) is 33.0 Å². The third kappa shape index (κ3) is 3.14. The summed E-state index contributed by atoms with van der Waals surface area (Å²) in [5.74, 6) is -0.132. The van der Waals surface area contributed by atoms with E-state index >= 15 is 0 Å². The van der Waals surface area contributed by atoms with Crippen molar-refractivity contribution in [3.05, 3.63) is 34.5 Å². The number of fused-ring (bicyclic) bond motifs is 1. The van der Waals surface area contributed by atoms with E-state index in [0.717, 1.165) is 28.5 Å². The van der Waals surface area contributed by atoms with Gasteiger partial charge >= 0.3 is 5.97 Å². The van der Waals surface area contributed by atoms with Crippen molar-refractivity contribution >= 4 is 32.9 Å². The summed E-state index contributed by atoms with van der Waals surface area (Å²) < 4.78 is 6.92. The normalized spacial score (nSPS) is 14.5. The molecule has 0 amide bonds. The van der Waals surface area contributed by atoms with Crippen LogP contribution < -0.4 is 0 Å². The van der Waals surface area contributed by atoms with Gasteiger partial charge in [-0.1, -0.05) is 29.8 Å². The molecule has 1 aromatic carbocycles. The number of aliphatic carboxylic acids is 1. The molecular formula is C16H20BrNO3. The summed E-state index contributed by atoms with van der Waals surface area (Å²) in [5.41, 5.74) is 0.123. The fourth-order valence-electron chi connectivity index (χ4n) is 2.85. The number of hydrogen-bond donors (Lipinski definition) is 1. The lowest BCUT2D eigenvalue weighted by Gasteiger charge is -2.37. The molecular weight excluding hydrogens is 334 g/mol. The van der Waals surface area contributed by atoms with Crippen molar-refractivity contribution in [3.63, 3.8) is 0 Å². The monoisotopic (exact) mass is 353 g/mol. The Morgan fingerprint density at radius 2 is 2.00 bits per heavy atom. The van der Waals surface area contributed by atoms with Crippen LogP contribution in [0, 0.1) is 0 Å². The summed E-state index contributed by atoms with van der Waals surface area (Å²) >= 11 is 3.44. The molecule has 2 rings (SSSR count). The van der Waals surface area contributed by atoms with Crippen LogP contribution in [0.5, 0.6) is 0 Å². The van der Waals surface area contributed by atoms with Crippen LogP contribution in [0.2, 0.25) is 0 Å². The lowest BCUT2D eigenvalue weighted by Crippen LogP contribution is -2.45. The van der Waals surface area contributed by atoms with Gasteiger partial charge < -0.3 is 9.52 Å². The smallest absolute Gasteiger partial charge is 0.305 e. The Labute approximate surface area is 132 Å². The van der Waals surface area contributed by atoms with E-state index in [1.54, 1.807) is 0 Å². The van der Waals surface area contributed by atoms with Gasteiger partial charge in [0.05, 0.1) is 12.0 Å². The van der Waals surface area contributed by atoms with Gasteiger partial charge in [-0.2, -0.15) is 0 Å². The molecule has 1 atom stereocenters. The molecule has 0 aliphatic heterocycles. The Balaban J connectivity index is 2.54. The van der Waals surface area contributed by atoms with Crippen molar-refractivity contribution in [1.29, 1.82) is 0 Å². The van der Waals surface area contributed by atoms with Crippen LogP contribution >= 0.6 is 15.9 Å². The molecule has 114 valence electrons. The molecule has 2 aromatic rings. The van der Waals surface area contributed by atoms with Gasteiger partial charge in [-0.3, -0.25) is 9.69 Å². The lowest BCUT2D eigenvalue weighted by atomic mass is 9.91. The second-order valence-corrected chi connectivity index (χ2v) is 6.23. The van der Waals surface area contributed by atoms with Crippen molar-refractivity contribution in [2.75, 3.05) is 13.1 Å². The van der Waals surface area contributed by atoms with Crippen molar-refractivity contribution in [2.45, 2.75) is 32.7 Å². The van der Waals surface area contributed by atoms with Gasteiger partial charge in [0.2, 0.25) is 0 Å².